The lowest BCUT2D eigenvalue weighted by molar-refractivity contribution is -0.143. The number of carboxylic acid groups (broad SMARTS) is 1. The highest BCUT2D eigenvalue weighted by Crippen LogP contribution is 2.24. The number of nitrogens with zero attached hydrogens (tertiary/aromatic N) is 1. The van der Waals surface area contributed by atoms with Crippen LogP contribution in [0.2, 0.25) is 0 Å². The Labute approximate surface area is 146 Å². The van der Waals surface area contributed by atoms with Gasteiger partial charge in [0.05, 0.1) is 0 Å². The third-order valence-electron chi connectivity index (χ3n) is 4.36. The van der Waals surface area contributed by atoms with Crippen molar-refractivity contribution in [2.45, 2.75) is 51.7 Å². The van der Waals surface area contributed by atoms with E-state index >= 15 is 0 Å². The van der Waals surface area contributed by atoms with E-state index in [2.05, 4.69) is 5.32 Å². The molecule has 25 heavy (non-hydrogen) atoms. The second-order valence-corrected chi connectivity index (χ2v) is 6.68. The molecule has 7 heteroatoms. The SMILES string of the molecule is CC(C)[C@H](NC(=O)C[C@@H]1CCC(=O)N1Cc1cccc(F)c1)C(=O)O. The number of rotatable bonds is 7. The lowest BCUT2D eigenvalue weighted by atomic mass is 10.0. The van der Waals surface area contributed by atoms with Gasteiger partial charge in [0.1, 0.15) is 11.9 Å². The van der Waals surface area contributed by atoms with Crippen LogP contribution in [0.25, 0.3) is 0 Å². The van der Waals surface area contributed by atoms with Crippen LogP contribution in [0, 0.1) is 11.7 Å². The fraction of sp³-hybridized carbons (Fsp3) is 0.500. The van der Waals surface area contributed by atoms with Gasteiger partial charge in [0.25, 0.3) is 0 Å². The molecule has 0 aliphatic carbocycles. The van der Waals surface area contributed by atoms with Gasteiger partial charge in [0.15, 0.2) is 0 Å². The van der Waals surface area contributed by atoms with Crippen LogP contribution in [0.3, 0.4) is 0 Å². The summed E-state index contributed by atoms with van der Waals surface area (Å²) in [7, 11) is 0. The number of carbonyl (C=O) groups is 3. The third kappa shape index (κ3) is 5.01. The monoisotopic (exact) mass is 350 g/mol. The average molecular weight is 350 g/mol. The van der Waals surface area contributed by atoms with Crippen molar-refractivity contribution >= 4 is 17.8 Å². The molecule has 2 N–H and O–H groups in total. The Bertz CT molecular complexity index is 662. The van der Waals surface area contributed by atoms with Gasteiger partial charge < -0.3 is 15.3 Å². The maximum absolute atomic E-state index is 13.3. The predicted octanol–water partition coefficient (Wildman–Crippen LogP) is 1.93. The molecule has 0 radical (unpaired) electrons. The summed E-state index contributed by atoms with van der Waals surface area (Å²) in [5.41, 5.74) is 0.659. The molecule has 2 amide bonds. The number of benzene rings is 1. The number of aliphatic carboxylic acids is 1. The smallest absolute Gasteiger partial charge is 0.326 e. The van der Waals surface area contributed by atoms with Crippen molar-refractivity contribution in [1.29, 1.82) is 0 Å². The van der Waals surface area contributed by atoms with Crippen LogP contribution in [-0.4, -0.2) is 39.9 Å². The van der Waals surface area contributed by atoms with Gasteiger partial charge in [0.2, 0.25) is 11.8 Å². The zero-order valence-electron chi connectivity index (χ0n) is 14.4. The Balaban J connectivity index is 2.01. The molecule has 1 aromatic rings. The lowest BCUT2D eigenvalue weighted by Crippen LogP contribution is -2.46. The highest BCUT2D eigenvalue weighted by atomic mass is 19.1. The topological polar surface area (TPSA) is 86.7 Å². The van der Waals surface area contributed by atoms with Crippen LogP contribution in [-0.2, 0) is 20.9 Å². The largest absolute Gasteiger partial charge is 0.480 e. The Kier molecular flexibility index (Phi) is 6.12. The molecule has 1 aromatic carbocycles. The highest BCUT2D eigenvalue weighted by Gasteiger charge is 2.33. The number of nitrogens with one attached hydrogen (secondary N) is 1. The number of carboxylic acids is 1. The first kappa shape index (κ1) is 18.9. The molecule has 1 saturated heterocycles. The summed E-state index contributed by atoms with van der Waals surface area (Å²) in [6, 6.07) is 4.73. The van der Waals surface area contributed by atoms with Crippen molar-refractivity contribution in [3.8, 4) is 0 Å². The minimum absolute atomic E-state index is 0.0392. The second-order valence-electron chi connectivity index (χ2n) is 6.68. The minimum atomic E-state index is -1.08. The van der Waals surface area contributed by atoms with E-state index < -0.39 is 17.9 Å². The predicted molar refractivity (Wildman–Crippen MR) is 89.0 cm³/mol. The maximum atomic E-state index is 13.3. The van der Waals surface area contributed by atoms with Crippen molar-refractivity contribution in [2.75, 3.05) is 0 Å². The molecule has 1 aliphatic heterocycles. The van der Waals surface area contributed by atoms with E-state index in [1.165, 1.54) is 12.1 Å². The van der Waals surface area contributed by atoms with E-state index in [0.29, 0.717) is 18.4 Å². The average Bonchev–Trinajstić information content (AvgIpc) is 2.85. The van der Waals surface area contributed by atoms with Crippen LogP contribution >= 0.6 is 0 Å². The number of likely N-dealkylation sites (tertiary alicyclic amines) is 1. The van der Waals surface area contributed by atoms with Gasteiger partial charge in [0, 0.05) is 25.4 Å². The molecule has 0 saturated carbocycles. The summed E-state index contributed by atoms with van der Waals surface area (Å²) < 4.78 is 13.3. The van der Waals surface area contributed by atoms with Crippen molar-refractivity contribution in [3.63, 3.8) is 0 Å². The van der Waals surface area contributed by atoms with E-state index in [-0.39, 0.29) is 36.6 Å². The van der Waals surface area contributed by atoms with Crippen LogP contribution in [0.5, 0.6) is 0 Å². The first-order valence-electron chi connectivity index (χ1n) is 8.34. The maximum Gasteiger partial charge on any atom is 0.326 e. The molecular formula is C18H23FN2O4. The molecule has 0 spiro atoms. The lowest BCUT2D eigenvalue weighted by Gasteiger charge is -2.26. The second kappa shape index (κ2) is 8.09. The van der Waals surface area contributed by atoms with Gasteiger partial charge in [-0.3, -0.25) is 9.59 Å². The first-order valence-corrected chi connectivity index (χ1v) is 8.34. The van der Waals surface area contributed by atoms with Gasteiger partial charge in [-0.15, -0.1) is 0 Å². The van der Waals surface area contributed by atoms with Crippen LogP contribution in [0.1, 0.15) is 38.7 Å². The number of hydrogen-bond donors (Lipinski definition) is 2. The normalized spacial score (nSPS) is 18.5. The Hall–Kier alpha value is -2.44. The standard InChI is InChI=1S/C18H23FN2O4/c1-11(2)17(18(24)25)20-15(22)9-14-6-7-16(23)21(14)10-12-4-3-5-13(19)8-12/h3-5,8,11,14,17H,6-7,9-10H2,1-2H3,(H,20,22)(H,24,25)/t14-,17-/m0/s1. The fourth-order valence-electron chi connectivity index (χ4n) is 3.01. The summed E-state index contributed by atoms with van der Waals surface area (Å²) in [5.74, 6) is -2.18. The van der Waals surface area contributed by atoms with Gasteiger partial charge in [-0.1, -0.05) is 26.0 Å². The Morgan fingerprint density at radius 1 is 1.40 bits per heavy atom. The molecule has 2 rings (SSSR count). The summed E-state index contributed by atoms with van der Waals surface area (Å²) in [5, 5.41) is 11.7. The zero-order chi connectivity index (χ0) is 18.6. The molecule has 0 aromatic heterocycles. The molecule has 1 fully saturated rings. The first-order chi connectivity index (χ1) is 11.8. The zero-order valence-corrected chi connectivity index (χ0v) is 14.4. The molecule has 136 valence electrons. The number of amides is 2. The Morgan fingerprint density at radius 2 is 2.12 bits per heavy atom. The van der Waals surface area contributed by atoms with Crippen molar-refractivity contribution in [3.05, 3.63) is 35.6 Å². The van der Waals surface area contributed by atoms with Gasteiger partial charge in [-0.25, -0.2) is 9.18 Å². The van der Waals surface area contributed by atoms with Crippen LogP contribution in [0.15, 0.2) is 24.3 Å². The summed E-state index contributed by atoms with van der Waals surface area (Å²) in [6.45, 7) is 3.67. The Morgan fingerprint density at radius 3 is 2.72 bits per heavy atom. The molecule has 0 unspecified atom stereocenters. The van der Waals surface area contributed by atoms with E-state index in [9.17, 15) is 18.8 Å². The molecule has 2 atom stereocenters. The number of hydrogen-bond acceptors (Lipinski definition) is 3. The van der Waals surface area contributed by atoms with Gasteiger partial charge in [-0.05, 0) is 30.0 Å². The molecular weight excluding hydrogens is 327 g/mol. The summed E-state index contributed by atoms with van der Waals surface area (Å²) in [4.78, 5) is 37.1. The fourth-order valence-corrected chi connectivity index (χ4v) is 3.01. The third-order valence-corrected chi connectivity index (χ3v) is 4.36. The molecule has 1 aliphatic rings. The van der Waals surface area contributed by atoms with E-state index in [1.807, 2.05) is 0 Å². The molecule has 6 nitrogen and oxygen atoms in total. The van der Waals surface area contributed by atoms with Crippen LogP contribution in [0.4, 0.5) is 4.39 Å². The van der Waals surface area contributed by atoms with Crippen LogP contribution < -0.4 is 5.32 Å². The van der Waals surface area contributed by atoms with E-state index in [1.54, 1.807) is 30.9 Å². The van der Waals surface area contributed by atoms with Gasteiger partial charge in [-0.2, -0.15) is 0 Å². The molecule has 0 bridgehead atoms. The number of halogens is 1. The van der Waals surface area contributed by atoms with Crippen molar-refractivity contribution < 1.29 is 23.9 Å². The van der Waals surface area contributed by atoms with Crippen molar-refractivity contribution in [1.82, 2.24) is 10.2 Å². The van der Waals surface area contributed by atoms with Crippen molar-refractivity contribution in [2.24, 2.45) is 5.92 Å². The quantitative estimate of drug-likeness (QED) is 0.787. The minimum Gasteiger partial charge on any atom is -0.480 e. The summed E-state index contributed by atoms with van der Waals surface area (Å²) in [6.07, 6.45) is 0.901. The van der Waals surface area contributed by atoms with Gasteiger partial charge >= 0.3 is 5.97 Å². The summed E-state index contributed by atoms with van der Waals surface area (Å²) >= 11 is 0. The highest BCUT2D eigenvalue weighted by molar-refractivity contribution is 5.85. The molecule has 1 heterocycles. The van der Waals surface area contributed by atoms with E-state index in [0.717, 1.165) is 0 Å². The number of carbonyl (C=O) groups excluding carboxylic acids is 2. The van der Waals surface area contributed by atoms with E-state index in [4.69, 9.17) is 5.11 Å².